The van der Waals surface area contributed by atoms with Gasteiger partial charge in [-0.05, 0) is 54.9 Å². The molecule has 1 aliphatic heterocycles. The molecule has 7 nitrogen and oxygen atoms in total. The average molecular weight is 580 g/mol. The second kappa shape index (κ2) is 14.5. The molecule has 0 spiro atoms. The first-order valence-corrected chi connectivity index (χ1v) is 15.9. The van der Waals surface area contributed by atoms with Crippen LogP contribution < -0.4 is 0 Å². The Bertz CT molecular complexity index is 1330. The number of amides is 1. The van der Waals surface area contributed by atoms with Gasteiger partial charge in [0.1, 0.15) is 6.61 Å². The number of piperidine rings is 1. The predicted octanol–water partition coefficient (Wildman–Crippen LogP) is 5.28. The van der Waals surface area contributed by atoms with Crippen molar-refractivity contribution in [2.75, 3.05) is 39.8 Å². The van der Waals surface area contributed by atoms with E-state index in [1.165, 1.54) is 9.18 Å². The third-order valence-corrected chi connectivity index (χ3v) is 10.2. The Morgan fingerprint density at radius 3 is 2.38 bits per heavy atom. The van der Waals surface area contributed by atoms with Crippen LogP contribution in [0.4, 0.5) is 4.79 Å². The summed E-state index contributed by atoms with van der Waals surface area (Å²) in [6, 6.07) is 22.3. The largest absolute Gasteiger partial charge is 0.445 e. The Morgan fingerprint density at radius 1 is 1.07 bits per heavy atom. The minimum atomic E-state index is -3.56. The number of likely N-dealkylation sites (N-methyl/N-ethyl adjacent to an activating group) is 1. The highest BCUT2D eigenvalue weighted by molar-refractivity contribution is 7.89. The average Bonchev–Trinajstić information content (AvgIpc) is 3.53. The molecule has 0 N–H and O–H groups in total. The third-order valence-electron chi connectivity index (χ3n) is 7.37. The minimum Gasteiger partial charge on any atom is -0.445 e. The predicted molar refractivity (Wildman–Crippen MR) is 160 cm³/mol. The van der Waals surface area contributed by atoms with E-state index in [1.54, 1.807) is 47.5 Å². The van der Waals surface area contributed by atoms with Gasteiger partial charge < -0.3 is 9.64 Å². The molecule has 0 saturated carbocycles. The summed E-state index contributed by atoms with van der Waals surface area (Å²) in [5.74, 6) is 2.70. The molecule has 2 heterocycles. The van der Waals surface area contributed by atoms with Gasteiger partial charge in [0.15, 0.2) is 0 Å². The highest BCUT2D eigenvalue weighted by atomic mass is 32.2. The maximum absolute atomic E-state index is 13.1. The standard InChI is InChI=1S/C31H37N3O4S2/c1-3-19-34(31(35)38-25-26-11-6-4-7-12-26)28-17-21-33(22-18-28)20-16-27(30-15-10-23-39-30)24-32(2)40(36,37)29-13-8-5-9-14-29/h1,4-15,23,27-28H,16-22,24-25H2,2H3. The maximum Gasteiger partial charge on any atom is 0.411 e. The molecule has 1 amide bonds. The number of thiophene rings is 1. The topological polar surface area (TPSA) is 70.2 Å². The van der Waals surface area contributed by atoms with Crippen LogP contribution in [0.3, 0.4) is 0 Å². The number of sulfonamides is 1. The summed E-state index contributed by atoms with van der Waals surface area (Å²) in [6.07, 6.45) is 7.68. The number of hydrogen-bond acceptors (Lipinski definition) is 6. The number of hydrogen-bond donors (Lipinski definition) is 0. The van der Waals surface area contributed by atoms with Gasteiger partial charge in [-0.15, -0.1) is 17.8 Å². The van der Waals surface area contributed by atoms with Gasteiger partial charge in [-0.3, -0.25) is 4.90 Å². The summed E-state index contributed by atoms with van der Waals surface area (Å²) in [4.78, 5) is 18.4. The molecule has 1 unspecified atom stereocenters. The maximum atomic E-state index is 13.1. The molecule has 9 heteroatoms. The van der Waals surface area contributed by atoms with Crippen LogP contribution in [0.1, 0.15) is 35.6 Å². The van der Waals surface area contributed by atoms with Crippen molar-refractivity contribution < 1.29 is 17.9 Å². The Balaban J connectivity index is 1.31. The first kappa shape index (κ1) is 29.8. The molecule has 1 aliphatic rings. The summed E-state index contributed by atoms with van der Waals surface area (Å²) < 4.78 is 33.3. The van der Waals surface area contributed by atoms with E-state index in [1.807, 2.05) is 47.8 Å². The van der Waals surface area contributed by atoms with Crippen LogP contribution in [0.15, 0.2) is 83.1 Å². The fraction of sp³-hybridized carbons (Fsp3) is 0.387. The van der Waals surface area contributed by atoms with Crippen LogP contribution in [-0.2, 0) is 21.4 Å². The number of terminal acetylenes is 1. The summed E-state index contributed by atoms with van der Waals surface area (Å²) in [5.41, 5.74) is 0.939. The Kier molecular flexibility index (Phi) is 10.8. The van der Waals surface area contributed by atoms with E-state index in [0.29, 0.717) is 11.4 Å². The fourth-order valence-corrected chi connectivity index (χ4v) is 7.16. The van der Waals surface area contributed by atoms with Gasteiger partial charge in [0, 0.05) is 43.5 Å². The summed E-state index contributed by atoms with van der Waals surface area (Å²) in [7, 11) is -1.90. The SMILES string of the molecule is C#CCN(C(=O)OCc1ccccc1)C1CCN(CCC(CN(C)S(=O)(=O)c2ccccc2)c2cccs2)CC1. The monoisotopic (exact) mass is 579 g/mol. The second-order valence-electron chi connectivity index (χ2n) is 10.0. The molecule has 212 valence electrons. The van der Waals surface area contributed by atoms with Crippen molar-refractivity contribution in [2.24, 2.45) is 0 Å². The van der Waals surface area contributed by atoms with Crippen LogP contribution in [-0.4, -0.2) is 74.4 Å². The number of ether oxygens (including phenoxy) is 1. The molecule has 0 radical (unpaired) electrons. The van der Waals surface area contributed by atoms with E-state index in [2.05, 4.69) is 16.9 Å². The lowest BCUT2D eigenvalue weighted by Crippen LogP contribution is -2.48. The minimum absolute atomic E-state index is 0.0332. The number of rotatable bonds is 12. The van der Waals surface area contributed by atoms with E-state index < -0.39 is 10.0 Å². The molecule has 2 aromatic carbocycles. The Hall–Kier alpha value is -3.16. The van der Waals surface area contributed by atoms with Crippen LogP contribution in [0.5, 0.6) is 0 Å². The summed E-state index contributed by atoms with van der Waals surface area (Å²) >= 11 is 1.67. The normalized spacial score (nSPS) is 15.4. The van der Waals surface area contributed by atoms with Crippen molar-refractivity contribution in [2.45, 2.75) is 42.7 Å². The zero-order chi connectivity index (χ0) is 28.4. The molecule has 0 aliphatic carbocycles. The molecule has 3 aromatic rings. The molecular weight excluding hydrogens is 542 g/mol. The van der Waals surface area contributed by atoms with Crippen LogP contribution in [0.2, 0.25) is 0 Å². The quantitative estimate of drug-likeness (QED) is 0.273. The smallest absolute Gasteiger partial charge is 0.411 e. The first-order chi connectivity index (χ1) is 19.4. The number of benzene rings is 2. The van der Waals surface area contributed by atoms with E-state index in [0.717, 1.165) is 44.5 Å². The molecule has 1 fully saturated rings. The zero-order valence-electron chi connectivity index (χ0n) is 22.9. The summed E-state index contributed by atoms with van der Waals surface area (Å²) in [5, 5.41) is 2.04. The van der Waals surface area contributed by atoms with E-state index in [4.69, 9.17) is 11.2 Å². The van der Waals surface area contributed by atoms with Crippen LogP contribution in [0.25, 0.3) is 0 Å². The van der Waals surface area contributed by atoms with Gasteiger partial charge in [-0.1, -0.05) is 60.5 Å². The van der Waals surface area contributed by atoms with Crippen molar-refractivity contribution in [3.8, 4) is 12.3 Å². The van der Waals surface area contributed by atoms with Crippen molar-refractivity contribution in [3.05, 3.63) is 88.6 Å². The lowest BCUT2D eigenvalue weighted by molar-refractivity contribution is 0.0663. The van der Waals surface area contributed by atoms with Crippen LogP contribution >= 0.6 is 11.3 Å². The van der Waals surface area contributed by atoms with Gasteiger partial charge in [-0.25, -0.2) is 17.5 Å². The Morgan fingerprint density at radius 2 is 1.75 bits per heavy atom. The van der Waals surface area contributed by atoms with Gasteiger partial charge in [0.2, 0.25) is 10.0 Å². The van der Waals surface area contributed by atoms with E-state index in [-0.39, 0.29) is 31.2 Å². The van der Waals surface area contributed by atoms with Crippen molar-refractivity contribution in [1.82, 2.24) is 14.1 Å². The molecule has 1 aromatic heterocycles. The van der Waals surface area contributed by atoms with Gasteiger partial charge in [-0.2, -0.15) is 0 Å². The lowest BCUT2D eigenvalue weighted by atomic mass is 10.00. The molecular formula is C31H37N3O4S2. The van der Waals surface area contributed by atoms with Gasteiger partial charge >= 0.3 is 6.09 Å². The number of likely N-dealkylation sites (tertiary alicyclic amines) is 1. The molecule has 40 heavy (non-hydrogen) atoms. The number of nitrogens with zero attached hydrogens (tertiary/aromatic N) is 3. The van der Waals surface area contributed by atoms with Crippen molar-refractivity contribution >= 4 is 27.5 Å². The fourth-order valence-electron chi connectivity index (χ4n) is 5.06. The third kappa shape index (κ3) is 7.95. The molecule has 1 saturated heterocycles. The number of carbonyl (C=O) groups excluding carboxylic acids is 1. The molecule has 1 atom stereocenters. The Labute approximate surface area is 242 Å². The van der Waals surface area contributed by atoms with Gasteiger partial charge in [0.25, 0.3) is 0 Å². The number of carbonyl (C=O) groups is 1. The summed E-state index contributed by atoms with van der Waals surface area (Å²) in [6.45, 7) is 3.39. The highest BCUT2D eigenvalue weighted by Crippen LogP contribution is 2.28. The lowest BCUT2D eigenvalue weighted by Gasteiger charge is -2.37. The van der Waals surface area contributed by atoms with E-state index in [9.17, 15) is 13.2 Å². The highest BCUT2D eigenvalue weighted by Gasteiger charge is 2.30. The second-order valence-corrected chi connectivity index (χ2v) is 13.1. The first-order valence-electron chi connectivity index (χ1n) is 13.6. The zero-order valence-corrected chi connectivity index (χ0v) is 24.5. The van der Waals surface area contributed by atoms with Crippen molar-refractivity contribution in [1.29, 1.82) is 0 Å². The van der Waals surface area contributed by atoms with E-state index >= 15 is 0 Å². The van der Waals surface area contributed by atoms with Crippen molar-refractivity contribution in [3.63, 3.8) is 0 Å². The van der Waals surface area contributed by atoms with Crippen LogP contribution in [0, 0.1) is 12.3 Å². The van der Waals surface area contributed by atoms with Gasteiger partial charge in [0.05, 0.1) is 11.4 Å². The molecule has 4 rings (SSSR count). The molecule has 0 bridgehead atoms.